The largest absolute Gasteiger partial charge is 0.502 e. The maximum absolute atomic E-state index is 11.0. The molecule has 0 atom stereocenters. The van der Waals surface area contributed by atoms with Crippen LogP contribution in [0.3, 0.4) is 0 Å². The Morgan fingerprint density at radius 1 is 1.38 bits per heavy atom. The Bertz CT molecular complexity index is 347. The second kappa shape index (κ2) is 3.57. The molecule has 13 heavy (non-hydrogen) atoms. The van der Waals surface area contributed by atoms with Crippen LogP contribution in [0.15, 0.2) is 34.6 Å². The molecule has 1 aromatic rings. The number of carboxylic acids is 1. The fourth-order valence-corrected chi connectivity index (χ4v) is 0.676. The van der Waals surface area contributed by atoms with E-state index in [1.807, 2.05) is 0 Å². The van der Waals surface area contributed by atoms with Crippen molar-refractivity contribution in [2.45, 2.75) is 0 Å². The van der Waals surface area contributed by atoms with Crippen molar-refractivity contribution in [1.29, 1.82) is 0 Å². The van der Waals surface area contributed by atoms with Gasteiger partial charge in [-0.3, -0.25) is 4.79 Å². The summed E-state index contributed by atoms with van der Waals surface area (Å²) in [5, 5.41) is 16.9. The van der Waals surface area contributed by atoms with Gasteiger partial charge in [-0.1, -0.05) is 0 Å². The van der Waals surface area contributed by atoms with Crippen molar-refractivity contribution in [3.63, 3.8) is 0 Å². The number of aliphatic hydroxyl groups is 1. The summed E-state index contributed by atoms with van der Waals surface area (Å²) in [7, 11) is 0. The number of carbonyl (C=O) groups excluding carboxylic acids is 1. The average molecular weight is 182 g/mol. The minimum atomic E-state index is -1.56. The summed E-state index contributed by atoms with van der Waals surface area (Å²) in [6.45, 7) is 0. The topological polar surface area (TPSA) is 87.7 Å². The number of aliphatic hydroxyl groups excluding tert-OH is 1. The molecule has 0 aliphatic rings. The van der Waals surface area contributed by atoms with Crippen LogP contribution < -0.4 is 0 Å². The Morgan fingerprint density at radius 3 is 2.54 bits per heavy atom. The standard InChI is InChI=1S/C8H6O5/c9-5(4-6(10)8(11)12)7-2-1-3-13-7/h1-4,10H,(H,11,12). The molecule has 0 saturated carbocycles. The molecule has 0 amide bonds. The zero-order valence-corrected chi connectivity index (χ0v) is 6.43. The van der Waals surface area contributed by atoms with Gasteiger partial charge in [0, 0.05) is 6.08 Å². The Labute approximate surface area is 72.9 Å². The van der Waals surface area contributed by atoms with Crippen molar-refractivity contribution in [1.82, 2.24) is 0 Å². The molecule has 1 rings (SSSR count). The molecule has 68 valence electrons. The van der Waals surface area contributed by atoms with Gasteiger partial charge in [0.05, 0.1) is 6.26 Å². The van der Waals surface area contributed by atoms with Gasteiger partial charge in [0.15, 0.2) is 5.76 Å². The first-order valence-electron chi connectivity index (χ1n) is 3.33. The van der Waals surface area contributed by atoms with Gasteiger partial charge in [-0.2, -0.15) is 0 Å². The van der Waals surface area contributed by atoms with Crippen LogP contribution in [-0.4, -0.2) is 22.0 Å². The Morgan fingerprint density at radius 2 is 2.08 bits per heavy atom. The van der Waals surface area contributed by atoms with Crippen molar-refractivity contribution in [2.75, 3.05) is 0 Å². The van der Waals surface area contributed by atoms with Gasteiger partial charge in [-0.25, -0.2) is 4.79 Å². The van der Waals surface area contributed by atoms with Crippen LogP contribution >= 0.6 is 0 Å². The molecule has 0 fully saturated rings. The highest BCUT2D eigenvalue weighted by atomic mass is 16.4. The second-order valence-electron chi connectivity index (χ2n) is 2.18. The quantitative estimate of drug-likeness (QED) is 0.413. The van der Waals surface area contributed by atoms with E-state index < -0.39 is 17.5 Å². The van der Waals surface area contributed by atoms with E-state index in [1.54, 1.807) is 0 Å². The molecule has 0 bridgehead atoms. The molecule has 0 aromatic carbocycles. The Balaban J connectivity index is 2.82. The molecule has 0 saturated heterocycles. The highest BCUT2D eigenvalue weighted by Gasteiger charge is 2.10. The van der Waals surface area contributed by atoms with Crippen LogP contribution in [0.25, 0.3) is 0 Å². The third kappa shape index (κ3) is 2.19. The molecule has 2 N–H and O–H groups in total. The fraction of sp³-hybridized carbons (Fsp3) is 0. The predicted octanol–water partition coefficient (Wildman–Crippen LogP) is 0.989. The van der Waals surface area contributed by atoms with Gasteiger partial charge in [0.2, 0.25) is 11.5 Å². The monoisotopic (exact) mass is 182 g/mol. The maximum atomic E-state index is 11.0. The number of carboxylic acid groups (broad SMARTS) is 1. The van der Waals surface area contributed by atoms with Gasteiger partial charge in [-0.05, 0) is 12.1 Å². The van der Waals surface area contributed by atoms with E-state index in [0.29, 0.717) is 6.08 Å². The van der Waals surface area contributed by atoms with Gasteiger partial charge in [-0.15, -0.1) is 0 Å². The minimum Gasteiger partial charge on any atom is -0.502 e. The predicted molar refractivity (Wildman–Crippen MR) is 41.4 cm³/mol. The van der Waals surface area contributed by atoms with Crippen LogP contribution in [0.5, 0.6) is 0 Å². The van der Waals surface area contributed by atoms with E-state index in [2.05, 4.69) is 4.42 Å². The van der Waals surface area contributed by atoms with Gasteiger partial charge in [0.1, 0.15) is 0 Å². The second-order valence-corrected chi connectivity index (χ2v) is 2.18. The van der Waals surface area contributed by atoms with Crippen LogP contribution in [0.4, 0.5) is 0 Å². The number of carbonyl (C=O) groups is 2. The SMILES string of the molecule is O=C(O)C(O)=CC(=O)c1ccco1. The zero-order valence-electron chi connectivity index (χ0n) is 6.43. The van der Waals surface area contributed by atoms with Crippen LogP contribution in [0, 0.1) is 0 Å². The van der Waals surface area contributed by atoms with Gasteiger partial charge >= 0.3 is 5.97 Å². The van der Waals surface area contributed by atoms with Crippen molar-refractivity contribution in [2.24, 2.45) is 0 Å². The summed E-state index contributed by atoms with van der Waals surface area (Å²) < 4.78 is 4.68. The van der Waals surface area contributed by atoms with Gasteiger partial charge < -0.3 is 14.6 Å². The molecule has 0 aliphatic carbocycles. The van der Waals surface area contributed by atoms with Crippen LogP contribution in [0.2, 0.25) is 0 Å². The number of aliphatic carboxylic acids is 1. The minimum absolute atomic E-state index is 0.0206. The molecule has 1 heterocycles. The van der Waals surface area contributed by atoms with Crippen LogP contribution in [-0.2, 0) is 4.79 Å². The first-order chi connectivity index (χ1) is 6.11. The summed E-state index contributed by atoms with van der Waals surface area (Å²) in [6.07, 6.45) is 1.86. The molecule has 5 nitrogen and oxygen atoms in total. The van der Waals surface area contributed by atoms with Crippen molar-refractivity contribution >= 4 is 11.8 Å². The van der Waals surface area contributed by atoms with E-state index in [-0.39, 0.29) is 5.76 Å². The summed E-state index contributed by atoms with van der Waals surface area (Å²) in [5.41, 5.74) is 0. The van der Waals surface area contributed by atoms with Crippen LogP contribution in [0.1, 0.15) is 10.6 Å². The number of hydrogen-bond acceptors (Lipinski definition) is 4. The number of furan rings is 1. The summed E-state index contributed by atoms with van der Waals surface area (Å²) in [4.78, 5) is 21.1. The maximum Gasteiger partial charge on any atom is 0.371 e. The van der Waals surface area contributed by atoms with E-state index in [1.165, 1.54) is 18.4 Å². The third-order valence-corrected chi connectivity index (χ3v) is 1.25. The van der Waals surface area contributed by atoms with E-state index in [0.717, 1.165) is 0 Å². The summed E-state index contributed by atoms with van der Waals surface area (Å²) >= 11 is 0. The molecular formula is C8H6O5. The lowest BCUT2D eigenvalue weighted by Gasteiger charge is -1.90. The molecule has 1 aromatic heterocycles. The first kappa shape index (κ1) is 9.05. The lowest BCUT2D eigenvalue weighted by molar-refractivity contribution is -0.135. The molecular weight excluding hydrogens is 176 g/mol. The molecule has 5 heteroatoms. The van der Waals surface area contributed by atoms with Crippen molar-refractivity contribution < 1.29 is 24.2 Å². The van der Waals surface area contributed by atoms with Gasteiger partial charge in [0.25, 0.3) is 0 Å². The number of ketones is 1. The van der Waals surface area contributed by atoms with Crippen molar-refractivity contribution in [3.05, 3.63) is 36.0 Å². The normalized spacial score (nSPS) is 11.2. The van der Waals surface area contributed by atoms with E-state index in [9.17, 15) is 9.59 Å². The zero-order chi connectivity index (χ0) is 9.84. The number of hydrogen-bond donors (Lipinski definition) is 2. The Kier molecular flexibility index (Phi) is 2.49. The third-order valence-electron chi connectivity index (χ3n) is 1.25. The molecule has 0 aliphatic heterocycles. The lowest BCUT2D eigenvalue weighted by Crippen LogP contribution is -2.03. The smallest absolute Gasteiger partial charge is 0.371 e. The number of allylic oxidation sites excluding steroid dienone is 1. The highest BCUT2D eigenvalue weighted by Crippen LogP contribution is 2.03. The average Bonchev–Trinajstić information content (AvgIpc) is 2.55. The molecule has 0 unspecified atom stereocenters. The van der Waals surface area contributed by atoms with E-state index >= 15 is 0 Å². The Hall–Kier alpha value is -2.04. The van der Waals surface area contributed by atoms with E-state index in [4.69, 9.17) is 10.2 Å². The summed E-state index contributed by atoms with van der Waals surface area (Å²) in [6, 6.07) is 2.85. The highest BCUT2D eigenvalue weighted by molar-refractivity contribution is 6.05. The first-order valence-corrected chi connectivity index (χ1v) is 3.33. The van der Waals surface area contributed by atoms with Crippen molar-refractivity contribution in [3.8, 4) is 0 Å². The molecule has 0 spiro atoms. The number of rotatable bonds is 3. The lowest BCUT2D eigenvalue weighted by atomic mass is 10.2. The fourth-order valence-electron chi connectivity index (χ4n) is 0.676. The molecule has 0 radical (unpaired) electrons. The summed E-state index contributed by atoms with van der Waals surface area (Å²) in [5.74, 6) is -3.28.